The normalized spacial score (nSPS) is 13.5. The van der Waals surface area contributed by atoms with Crippen molar-refractivity contribution in [2.24, 2.45) is 5.92 Å². The SMILES string of the molecule is CCc1c(Nc2cc(-n3nc(C)cc3C)ncn2)nn(CC2CC2)c1-c1ccc(F)cc1. The van der Waals surface area contributed by atoms with E-state index in [0.29, 0.717) is 17.6 Å². The number of rotatable bonds is 7. The zero-order valence-corrected chi connectivity index (χ0v) is 18.5. The molecule has 0 atom stereocenters. The standard InChI is InChI=1S/C24H26FN7/c1-4-20-23(18-7-9-19(25)10-8-18)31(13-17-5-6-17)30-24(20)28-21-12-22(27-14-26-21)32-16(3)11-15(2)29-32/h7-12,14,17H,4-6,13H2,1-3H3,(H,26,27,28,30). The van der Waals surface area contributed by atoms with Crippen LogP contribution < -0.4 is 5.32 Å². The maximum absolute atomic E-state index is 13.5. The van der Waals surface area contributed by atoms with Gasteiger partial charge in [-0.2, -0.15) is 10.2 Å². The lowest BCUT2D eigenvalue weighted by Gasteiger charge is -2.09. The molecule has 1 fully saturated rings. The number of hydrogen-bond acceptors (Lipinski definition) is 5. The highest BCUT2D eigenvalue weighted by molar-refractivity contribution is 5.72. The van der Waals surface area contributed by atoms with E-state index in [1.807, 2.05) is 38.1 Å². The van der Waals surface area contributed by atoms with Gasteiger partial charge < -0.3 is 5.32 Å². The lowest BCUT2D eigenvalue weighted by Crippen LogP contribution is -2.06. The van der Waals surface area contributed by atoms with Gasteiger partial charge in [0.05, 0.1) is 11.4 Å². The second kappa shape index (κ2) is 8.18. The molecule has 0 spiro atoms. The van der Waals surface area contributed by atoms with Crippen LogP contribution in [-0.4, -0.2) is 29.5 Å². The van der Waals surface area contributed by atoms with Crippen LogP contribution in [0, 0.1) is 25.6 Å². The van der Waals surface area contributed by atoms with Gasteiger partial charge in [-0.1, -0.05) is 6.92 Å². The van der Waals surface area contributed by atoms with Gasteiger partial charge >= 0.3 is 0 Å². The largest absolute Gasteiger partial charge is 0.323 e. The molecule has 0 aliphatic heterocycles. The van der Waals surface area contributed by atoms with E-state index in [9.17, 15) is 4.39 Å². The molecule has 164 valence electrons. The summed E-state index contributed by atoms with van der Waals surface area (Å²) in [7, 11) is 0. The minimum absolute atomic E-state index is 0.240. The van der Waals surface area contributed by atoms with Gasteiger partial charge in [-0.15, -0.1) is 0 Å². The van der Waals surface area contributed by atoms with Crippen molar-refractivity contribution in [1.82, 2.24) is 29.5 Å². The average Bonchev–Trinajstić information content (AvgIpc) is 3.44. The Bertz CT molecular complexity index is 1250. The number of anilines is 2. The monoisotopic (exact) mass is 431 g/mol. The highest BCUT2D eigenvalue weighted by Crippen LogP contribution is 2.36. The Labute approximate surface area is 186 Å². The van der Waals surface area contributed by atoms with Crippen molar-refractivity contribution in [3.8, 4) is 17.1 Å². The Hall–Kier alpha value is -3.55. The van der Waals surface area contributed by atoms with Crippen LogP contribution in [0.25, 0.3) is 17.1 Å². The van der Waals surface area contributed by atoms with Gasteiger partial charge in [-0.05, 0) is 69.4 Å². The molecular weight excluding hydrogens is 405 g/mol. The second-order valence-corrected chi connectivity index (χ2v) is 8.39. The van der Waals surface area contributed by atoms with E-state index in [2.05, 4.69) is 32.0 Å². The van der Waals surface area contributed by atoms with Gasteiger partial charge in [0.25, 0.3) is 0 Å². The van der Waals surface area contributed by atoms with E-state index in [0.717, 1.165) is 47.0 Å². The molecule has 4 aromatic rings. The minimum Gasteiger partial charge on any atom is -0.323 e. The third-order valence-corrected chi connectivity index (χ3v) is 5.78. The molecule has 1 saturated carbocycles. The fraction of sp³-hybridized carbons (Fsp3) is 0.333. The number of nitrogens with zero attached hydrogens (tertiary/aromatic N) is 6. The minimum atomic E-state index is -0.240. The lowest BCUT2D eigenvalue weighted by molar-refractivity contribution is 0.570. The van der Waals surface area contributed by atoms with E-state index in [1.165, 1.54) is 31.3 Å². The van der Waals surface area contributed by atoms with Crippen molar-refractivity contribution in [2.45, 2.75) is 46.6 Å². The van der Waals surface area contributed by atoms with E-state index < -0.39 is 0 Å². The Morgan fingerprint density at radius 1 is 1.06 bits per heavy atom. The van der Waals surface area contributed by atoms with Gasteiger partial charge in [0.1, 0.15) is 18.0 Å². The highest BCUT2D eigenvalue weighted by atomic mass is 19.1. The molecule has 0 amide bonds. The van der Waals surface area contributed by atoms with Gasteiger partial charge in [-0.3, -0.25) is 4.68 Å². The second-order valence-electron chi connectivity index (χ2n) is 8.39. The van der Waals surface area contributed by atoms with Gasteiger partial charge in [0.2, 0.25) is 0 Å². The molecule has 0 unspecified atom stereocenters. The summed E-state index contributed by atoms with van der Waals surface area (Å²) in [5.74, 6) is 2.53. The number of aromatic nitrogens is 6. The zero-order chi connectivity index (χ0) is 22.2. The van der Waals surface area contributed by atoms with Crippen molar-refractivity contribution >= 4 is 11.6 Å². The van der Waals surface area contributed by atoms with Crippen molar-refractivity contribution < 1.29 is 4.39 Å². The maximum Gasteiger partial charge on any atom is 0.159 e. The molecule has 8 heteroatoms. The van der Waals surface area contributed by atoms with Crippen LogP contribution in [0.15, 0.2) is 42.7 Å². The number of benzene rings is 1. The first-order valence-corrected chi connectivity index (χ1v) is 11.0. The molecular formula is C24H26FN7. The zero-order valence-electron chi connectivity index (χ0n) is 18.5. The molecule has 0 bridgehead atoms. The van der Waals surface area contributed by atoms with Crippen LogP contribution in [0.3, 0.4) is 0 Å². The predicted octanol–water partition coefficient (Wildman–Crippen LogP) is 5.00. The summed E-state index contributed by atoms with van der Waals surface area (Å²) in [6.45, 7) is 6.93. The fourth-order valence-corrected chi connectivity index (χ4v) is 4.06. The third kappa shape index (κ3) is 4.00. The average molecular weight is 432 g/mol. The van der Waals surface area contributed by atoms with Crippen LogP contribution in [0.5, 0.6) is 0 Å². The van der Waals surface area contributed by atoms with Crippen LogP contribution in [-0.2, 0) is 13.0 Å². The number of halogens is 1. The summed E-state index contributed by atoms with van der Waals surface area (Å²) < 4.78 is 17.4. The van der Waals surface area contributed by atoms with Crippen molar-refractivity contribution in [1.29, 1.82) is 0 Å². The number of hydrogen-bond donors (Lipinski definition) is 1. The van der Waals surface area contributed by atoms with Crippen molar-refractivity contribution in [3.63, 3.8) is 0 Å². The fourth-order valence-electron chi connectivity index (χ4n) is 4.06. The van der Waals surface area contributed by atoms with E-state index in [-0.39, 0.29) is 5.82 Å². The number of nitrogens with one attached hydrogen (secondary N) is 1. The van der Waals surface area contributed by atoms with E-state index in [1.54, 1.807) is 4.68 Å². The van der Waals surface area contributed by atoms with Crippen molar-refractivity contribution in [2.75, 3.05) is 5.32 Å². The first-order valence-electron chi connectivity index (χ1n) is 11.0. The van der Waals surface area contributed by atoms with Crippen LogP contribution >= 0.6 is 0 Å². The smallest absolute Gasteiger partial charge is 0.159 e. The van der Waals surface area contributed by atoms with Gasteiger partial charge in [0.15, 0.2) is 11.6 Å². The molecule has 1 aliphatic carbocycles. The maximum atomic E-state index is 13.5. The molecule has 3 heterocycles. The highest BCUT2D eigenvalue weighted by Gasteiger charge is 2.26. The van der Waals surface area contributed by atoms with Crippen molar-refractivity contribution in [3.05, 3.63) is 65.5 Å². The molecule has 0 saturated heterocycles. The van der Waals surface area contributed by atoms with Crippen LogP contribution in [0.2, 0.25) is 0 Å². The first-order chi connectivity index (χ1) is 15.5. The summed E-state index contributed by atoms with van der Waals surface area (Å²) in [5.41, 5.74) is 5.04. The van der Waals surface area contributed by atoms with E-state index >= 15 is 0 Å². The number of aryl methyl sites for hydroxylation is 2. The molecule has 3 aromatic heterocycles. The summed E-state index contributed by atoms with van der Waals surface area (Å²) in [4.78, 5) is 8.79. The molecule has 1 aromatic carbocycles. The third-order valence-electron chi connectivity index (χ3n) is 5.78. The van der Waals surface area contributed by atoms with Crippen LogP contribution in [0.4, 0.5) is 16.0 Å². The first kappa shape index (κ1) is 20.4. The molecule has 1 aliphatic rings. The van der Waals surface area contributed by atoms with Gasteiger partial charge in [0, 0.05) is 29.4 Å². The Balaban J connectivity index is 1.53. The van der Waals surface area contributed by atoms with Gasteiger partial charge in [-0.25, -0.2) is 19.0 Å². The molecule has 32 heavy (non-hydrogen) atoms. The summed E-state index contributed by atoms with van der Waals surface area (Å²) >= 11 is 0. The lowest BCUT2D eigenvalue weighted by atomic mass is 10.0. The molecule has 7 nitrogen and oxygen atoms in total. The predicted molar refractivity (Wildman–Crippen MR) is 122 cm³/mol. The summed E-state index contributed by atoms with van der Waals surface area (Å²) in [6, 6.07) is 10.5. The van der Waals surface area contributed by atoms with E-state index in [4.69, 9.17) is 5.10 Å². The molecule has 5 rings (SSSR count). The summed E-state index contributed by atoms with van der Waals surface area (Å²) in [5, 5.41) is 12.8. The topological polar surface area (TPSA) is 73.5 Å². The Morgan fingerprint density at radius 2 is 1.84 bits per heavy atom. The Kier molecular flexibility index (Phi) is 5.20. The quantitative estimate of drug-likeness (QED) is 0.446. The summed E-state index contributed by atoms with van der Waals surface area (Å²) in [6.07, 6.45) is 4.77. The van der Waals surface area contributed by atoms with Crippen LogP contribution in [0.1, 0.15) is 36.7 Å². The Morgan fingerprint density at radius 3 is 2.50 bits per heavy atom. The molecule has 1 N–H and O–H groups in total. The molecule has 0 radical (unpaired) electrons.